The molecule has 6 nitrogen and oxygen atoms in total. The van der Waals surface area contributed by atoms with Crippen LogP contribution in [0.15, 0.2) is 89.8 Å². The van der Waals surface area contributed by atoms with Gasteiger partial charge < -0.3 is 9.64 Å². The number of nitrogens with one attached hydrogen (secondary N) is 1. The topological polar surface area (TPSA) is 75.7 Å². The number of ether oxygens (including phenoxy) is 1. The molecule has 5 rings (SSSR count). The van der Waals surface area contributed by atoms with Crippen LogP contribution in [0.1, 0.15) is 34.0 Å². The Morgan fingerprint density at radius 1 is 1.00 bits per heavy atom. The Hall–Kier alpha value is -4.14. The third kappa shape index (κ3) is 5.33. The number of hydrogen-bond acceptors (Lipinski definition) is 4. The minimum atomic E-state index is -4.35. The molecule has 1 heterocycles. The zero-order valence-corrected chi connectivity index (χ0v) is 23.4. The highest BCUT2D eigenvalue weighted by Crippen LogP contribution is 2.37. The second-order valence-corrected chi connectivity index (χ2v) is 11.4. The lowest BCUT2D eigenvalue weighted by molar-refractivity contribution is 0.0751. The van der Waals surface area contributed by atoms with Crippen LogP contribution in [0.3, 0.4) is 0 Å². The van der Waals surface area contributed by atoms with Crippen LogP contribution in [0.25, 0.3) is 17.2 Å². The molecule has 1 aliphatic rings. The number of carbonyl (C=O) groups excluding carboxylic acids is 1. The predicted molar refractivity (Wildman–Crippen MR) is 155 cm³/mol. The van der Waals surface area contributed by atoms with Crippen molar-refractivity contribution in [2.75, 3.05) is 11.8 Å². The SMILES string of the molecule is C/C=C/c1cc(F)c(-c2ccccc2)cc1NS(=O)(=O)c1cc(C(=O)N2Cc3ccccc3C2)cc(Cl)c1OC. The van der Waals surface area contributed by atoms with Crippen molar-refractivity contribution in [2.24, 2.45) is 0 Å². The normalized spacial score (nSPS) is 12.9. The molecule has 1 amide bonds. The average Bonchev–Trinajstić information content (AvgIpc) is 3.38. The van der Waals surface area contributed by atoms with Crippen molar-refractivity contribution >= 4 is 39.3 Å². The summed E-state index contributed by atoms with van der Waals surface area (Å²) in [5, 5.41) is -0.0248. The number of allylic oxidation sites excluding steroid dienone is 1. The van der Waals surface area contributed by atoms with Crippen LogP contribution >= 0.6 is 11.6 Å². The number of nitrogens with zero attached hydrogens (tertiary/aromatic N) is 1. The Morgan fingerprint density at radius 3 is 2.27 bits per heavy atom. The van der Waals surface area contributed by atoms with Gasteiger partial charge >= 0.3 is 0 Å². The van der Waals surface area contributed by atoms with Crippen LogP contribution in [0.5, 0.6) is 5.75 Å². The van der Waals surface area contributed by atoms with Crippen LogP contribution < -0.4 is 9.46 Å². The van der Waals surface area contributed by atoms with Crippen LogP contribution in [-0.2, 0) is 23.1 Å². The molecule has 0 aliphatic carbocycles. The summed E-state index contributed by atoms with van der Waals surface area (Å²) in [6.07, 6.45) is 3.28. The maximum Gasteiger partial charge on any atom is 0.265 e. The minimum Gasteiger partial charge on any atom is -0.494 e. The number of anilines is 1. The first-order chi connectivity index (χ1) is 19.2. The maximum atomic E-state index is 15.1. The number of sulfonamides is 1. The molecule has 4 aromatic carbocycles. The van der Waals surface area contributed by atoms with Crippen LogP contribution in [0, 0.1) is 5.82 Å². The minimum absolute atomic E-state index is 0.0248. The summed E-state index contributed by atoms with van der Waals surface area (Å²) in [5.74, 6) is -0.963. The van der Waals surface area contributed by atoms with Gasteiger partial charge in [0.1, 0.15) is 10.7 Å². The van der Waals surface area contributed by atoms with Gasteiger partial charge in [0, 0.05) is 29.8 Å². The van der Waals surface area contributed by atoms with Gasteiger partial charge in [-0.25, -0.2) is 12.8 Å². The van der Waals surface area contributed by atoms with Gasteiger partial charge in [-0.3, -0.25) is 9.52 Å². The van der Waals surface area contributed by atoms with Crippen molar-refractivity contribution in [3.8, 4) is 16.9 Å². The number of methoxy groups -OCH3 is 1. The van der Waals surface area contributed by atoms with Crippen LogP contribution in [-0.4, -0.2) is 26.3 Å². The Labute approximate surface area is 237 Å². The summed E-state index contributed by atoms with van der Waals surface area (Å²) >= 11 is 6.44. The summed E-state index contributed by atoms with van der Waals surface area (Å²) in [6.45, 7) is 2.56. The average molecular weight is 577 g/mol. The number of halogens is 2. The van der Waals surface area contributed by atoms with E-state index in [4.69, 9.17) is 16.3 Å². The predicted octanol–water partition coefficient (Wildman–Crippen LogP) is 7.14. The molecule has 204 valence electrons. The summed E-state index contributed by atoms with van der Waals surface area (Å²) in [7, 11) is -3.05. The third-order valence-electron chi connectivity index (χ3n) is 6.69. The monoisotopic (exact) mass is 576 g/mol. The Bertz CT molecular complexity index is 1720. The molecule has 1 aliphatic heterocycles. The Balaban J connectivity index is 1.55. The lowest BCUT2D eigenvalue weighted by atomic mass is 10.0. The van der Waals surface area contributed by atoms with E-state index < -0.39 is 15.8 Å². The fourth-order valence-corrected chi connectivity index (χ4v) is 6.43. The van der Waals surface area contributed by atoms with E-state index in [9.17, 15) is 13.2 Å². The van der Waals surface area contributed by atoms with Crippen LogP contribution in [0.2, 0.25) is 5.02 Å². The standard InChI is InChI=1S/C31H26ClFN2O4S/c1-3-9-21-15-27(33)25(20-10-5-4-6-11-20)17-28(21)34-40(37,38)29-16-24(14-26(32)30(29)39-2)31(36)35-18-22-12-7-8-13-23(22)19-35/h3-17,34H,18-19H2,1-2H3/b9-3+. The summed E-state index contributed by atoms with van der Waals surface area (Å²) < 4.78 is 50.6. The Kier molecular flexibility index (Phi) is 7.65. The van der Waals surface area contributed by atoms with Crippen molar-refractivity contribution in [3.05, 3.63) is 118 Å². The molecule has 0 saturated carbocycles. The first-order valence-corrected chi connectivity index (χ1v) is 14.4. The van der Waals surface area contributed by atoms with E-state index in [0.717, 1.165) is 11.1 Å². The molecule has 0 fully saturated rings. The third-order valence-corrected chi connectivity index (χ3v) is 8.34. The molecule has 9 heteroatoms. The highest BCUT2D eigenvalue weighted by atomic mass is 35.5. The molecule has 1 N–H and O–H groups in total. The number of fused-ring (bicyclic) bond motifs is 1. The van der Waals surface area contributed by atoms with Gasteiger partial charge in [-0.05, 0) is 47.9 Å². The van der Waals surface area contributed by atoms with Crippen molar-refractivity contribution in [1.29, 1.82) is 0 Å². The number of amides is 1. The highest BCUT2D eigenvalue weighted by molar-refractivity contribution is 7.92. The zero-order valence-electron chi connectivity index (χ0n) is 21.8. The van der Waals surface area contributed by atoms with Gasteiger partial charge in [-0.1, -0.05) is 78.4 Å². The second kappa shape index (κ2) is 11.2. The largest absolute Gasteiger partial charge is 0.494 e. The van der Waals surface area contributed by atoms with Crippen molar-refractivity contribution < 1.29 is 22.3 Å². The van der Waals surface area contributed by atoms with Gasteiger partial charge in [-0.15, -0.1) is 0 Å². The molecular weight excluding hydrogens is 551 g/mol. The van der Waals surface area contributed by atoms with E-state index in [1.54, 1.807) is 48.2 Å². The van der Waals surface area contributed by atoms with Gasteiger partial charge in [0.05, 0.1) is 17.8 Å². The first-order valence-electron chi connectivity index (χ1n) is 12.5. The molecule has 4 aromatic rings. The molecular formula is C31H26ClFN2O4S. The van der Waals surface area contributed by atoms with E-state index in [-0.39, 0.29) is 38.4 Å². The smallest absolute Gasteiger partial charge is 0.265 e. The van der Waals surface area contributed by atoms with Crippen molar-refractivity contribution in [2.45, 2.75) is 24.9 Å². The van der Waals surface area contributed by atoms with Crippen molar-refractivity contribution in [1.82, 2.24) is 4.90 Å². The second-order valence-electron chi connectivity index (χ2n) is 9.31. The molecule has 0 unspecified atom stereocenters. The number of benzene rings is 4. The van der Waals surface area contributed by atoms with Gasteiger partial charge in [0.2, 0.25) is 0 Å². The van der Waals surface area contributed by atoms with E-state index in [0.29, 0.717) is 24.2 Å². The zero-order chi connectivity index (χ0) is 28.4. The molecule has 0 bridgehead atoms. The first kappa shape index (κ1) is 27.4. The van der Waals surface area contributed by atoms with E-state index in [1.165, 1.54) is 31.4 Å². The lowest BCUT2D eigenvalue weighted by Crippen LogP contribution is -2.26. The molecule has 0 radical (unpaired) electrons. The fourth-order valence-electron chi connectivity index (χ4n) is 4.78. The van der Waals surface area contributed by atoms with Crippen LogP contribution in [0.4, 0.5) is 10.1 Å². The quantitative estimate of drug-likeness (QED) is 0.254. The number of rotatable bonds is 7. The summed E-state index contributed by atoms with van der Waals surface area (Å²) in [6, 6.07) is 21.9. The fraction of sp³-hybridized carbons (Fsp3) is 0.129. The van der Waals surface area contributed by atoms with E-state index >= 15 is 4.39 Å². The van der Waals surface area contributed by atoms with Gasteiger partial charge in [0.25, 0.3) is 15.9 Å². The van der Waals surface area contributed by atoms with Gasteiger partial charge in [0.15, 0.2) is 5.75 Å². The molecule has 0 aromatic heterocycles. The molecule has 40 heavy (non-hydrogen) atoms. The lowest BCUT2D eigenvalue weighted by Gasteiger charge is -2.19. The summed E-state index contributed by atoms with van der Waals surface area (Å²) in [4.78, 5) is 14.8. The van der Waals surface area contributed by atoms with Gasteiger partial charge in [-0.2, -0.15) is 0 Å². The number of hydrogen-bond donors (Lipinski definition) is 1. The van der Waals surface area contributed by atoms with E-state index in [1.807, 2.05) is 30.3 Å². The Morgan fingerprint density at radius 2 is 1.65 bits per heavy atom. The molecule has 0 spiro atoms. The molecule has 0 saturated heterocycles. The summed E-state index contributed by atoms with van der Waals surface area (Å²) in [5.41, 5.74) is 3.48. The van der Waals surface area contributed by atoms with Crippen molar-refractivity contribution in [3.63, 3.8) is 0 Å². The van der Waals surface area contributed by atoms with E-state index in [2.05, 4.69) is 4.72 Å². The molecule has 0 atom stereocenters. The number of carbonyl (C=O) groups is 1. The highest BCUT2D eigenvalue weighted by Gasteiger charge is 2.29. The maximum absolute atomic E-state index is 15.1.